The Hall–Kier alpha value is -4.49. The zero-order valence-corrected chi connectivity index (χ0v) is 37.6. The molecule has 1 aromatic heterocycles. The van der Waals surface area contributed by atoms with Crippen LogP contribution < -0.4 is 15.8 Å². The first kappa shape index (κ1) is 49.5. The van der Waals surface area contributed by atoms with Gasteiger partial charge in [0.15, 0.2) is 0 Å². The van der Waals surface area contributed by atoms with Gasteiger partial charge >= 0.3 is 6.09 Å². The third-order valence-electron chi connectivity index (χ3n) is 11.1. The molecular weight excluding hydrogens is 831 g/mol. The number of likely N-dealkylation sites (N-methyl/N-ethyl adjacent to an activating group) is 1. The molecule has 0 unspecified atom stereocenters. The highest BCUT2D eigenvalue weighted by Crippen LogP contribution is 2.37. The third kappa shape index (κ3) is 16.2. The van der Waals surface area contributed by atoms with E-state index in [-0.39, 0.29) is 30.3 Å². The number of nitrogens with one attached hydrogen (secondary N) is 1. The lowest BCUT2D eigenvalue weighted by Gasteiger charge is -2.35. The Morgan fingerprint density at radius 2 is 1.44 bits per heavy atom. The molecule has 3 N–H and O–H groups in total. The molecule has 1 aliphatic heterocycles. The molecule has 63 heavy (non-hydrogen) atoms. The molecule has 2 heterocycles. The van der Waals surface area contributed by atoms with Crippen LogP contribution in [0, 0.1) is 5.92 Å². The molecule has 16 nitrogen and oxygen atoms in total. The Morgan fingerprint density at radius 1 is 0.810 bits per heavy atom. The fraction of sp³-hybridized carbons (Fsp3) is 0.587. The van der Waals surface area contributed by atoms with Crippen LogP contribution in [0.15, 0.2) is 60.0 Å². The van der Waals surface area contributed by atoms with Gasteiger partial charge in [-0.25, -0.2) is 9.78 Å². The van der Waals surface area contributed by atoms with Gasteiger partial charge in [0.1, 0.15) is 41.7 Å². The second kappa shape index (κ2) is 27.6. The minimum absolute atomic E-state index is 0.0337. The van der Waals surface area contributed by atoms with Crippen LogP contribution in [0.3, 0.4) is 0 Å². The number of ether oxygens (including phenoxy) is 7. The van der Waals surface area contributed by atoms with E-state index >= 15 is 0 Å². The average Bonchev–Trinajstić information content (AvgIpc) is 4.02. The number of carbonyl (C=O) groups is 4. The van der Waals surface area contributed by atoms with Crippen LogP contribution in [-0.4, -0.2) is 143 Å². The van der Waals surface area contributed by atoms with Gasteiger partial charge in [0, 0.05) is 31.1 Å². The van der Waals surface area contributed by atoms with E-state index in [9.17, 15) is 19.2 Å². The summed E-state index contributed by atoms with van der Waals surface area (Å²) in [6.07, 6.45) is 5.52. The number of hydrogen-bond donors (Lipinski definition) is 2. The van der Waals surface area contributed by atoms with Crippen molar-refractivity contribution in [2.24, 2.45) is 11.7 Å². The summed E-state index contributed by atoms with van der Waals surface area (Å²) >= 11 is 1.36. The molecule has 2 aliphatic rings. The van der Waals surface area contributed by atoms with E-state index in [4.69, 9.17) is 43.9 Å². The highest BCUT2D eigenvalue weighted by molar-refractivity contribution is 7.10. The van der Waals surface area contributed by atoms with E-state index in [2.05, 4.69) is 5.32 Å². The fourth-order valence-electron chi connectivity index (χ4n) is 7.45. The van der Waals surface area contributed by atoms with E-state index in [1.165, 1.54) is 23.3 Å². The zero-order valence-electron chi connectivity index (χ0n) is 36.8. The van der Waals surface area contributed by atoms with Crippen LogP contribution in [0.25, 0.3) is 0 Å². The SMILES string of the molecule is C[C@@H](C(=O)N[C@H](C(=O)N1CCC[C@H]1c1nc(C(=O)c2cccc(OCCOCCOCCOCCOCCOCCN)c2)cs1)C1CCCCC1)N(C)C(=O)OCc1ccccc1. The number of rotatable bonds is 28. The van der Waals surface area contributed by atoms with Crippen molar-refractivity contribution in [3.8, 4) is 5.75 Å². The van der Waals surface area contributed by atoms with Gasteiger partial charge in [0.05, 0.1) is 72.1 Å². The number of likely N-dealkylation sites (tertiary alicyclic amines) is 1. The van der Waals surface area contributed by atoms with Gasteiger partial charge in [0.25, 0.3) is 0 Å². The minimum Gasteiger partial charge on any atom is -0.491 e. The number of carbonyl (C=O) groups excluding carboxylic acids is 4. The summed E-state index contributed by atoms with van der Waals surface area (Å²) in [7, 11) is 1.52. The number of thiazole rings is 1. The highest BCUT2D eigenvalue weighted by atomic mass is 32.1. The predicted molar refractivity (Wildman–Crippen MR) is 237 cm³/mol. The summed E-state index contributed by atoms with van der Waals surface area (Å²) in [6, 6.07) is 14.3. The number of benzene rings is 2. The van der Waals surface area contributed by atoms with Crippen LogP contribution in [0.4, 0.5) is 4.79 Å². The van der Waals surface area contributed by atoms with Crippen LogP contribution in [0.5, 0.6) is 5.75 Å². The van der Waals surface area contributed by atoms with Crippen molar-refractivity contribution in [3.63, 3.8) is 0 Å². The molecule has 0 radical (unpaired) electrons. The molecule has 1 aliphatic carbocycles. The van der Waals surface area contributed by atoms with E-state index in [1.807, 2.05) is 35.2 Å². The first-order chi connectivity index (χ1) is 30.8. The van der Waals surface area contributed by atoms with Crippen molar-refractivity contribution in [2.45, 2.75) is 76.6 Å². The average molecular weight is 896 g/mol. The summed E-state index contributed by atoms with van der Waals surface area (Å²) < 4.78 is 38.6. The molecule has 346 valence electrons. The van der Waals surface area contributed by atoms with E-state index < -0.39 is 24.1 Å². The monoisotopic (exact) mass is 895 g/mol. The molecule has 3 amide bonds. The quantitative estimate of drug-likeness (QED) is 0.0717. The standard InChI is InChI=1S/C46H65N5O11S/c1-34(50(2)46(55)62-32-35-11-5-3-6-12-35)43(53)49-41(36-13-7-4-8-14-36)45(54)51-19-10-17-40(51)44-48-39(33-63-44)42(52)37-15-9-16-38(31-37)61-30-29-60-28-27-59-26-25-58-24-23-57-22-21-56-20-18-47/h3,5-6,9,11-12,15-16,31,33-34,36,40-41H,4,7-8,10,13-14,17-30,32,47H2,1-2H3,(H,49,53)/t34-,40-,41-/m0/s1. The molecule has 3 atom stereocenters. The fourth-order valence-corrected chi connectivity index (χ4v) is 8.39. The zero-order chi connectivity index (χ0) is 44.7. The molecule has 2 aromatic carbocycles. The van der Waals surface area contributed by atoms with Gasteiger partial charge in [0.2, 0.25) is 17.6 Å². The Morgan fingerprint density at radius 3 is 2.10 bits per heavy atom. The van der Waals surface area contributed by atoms with Crippen molar-refractivity contribution in [1.29, 1.82) is 0 Å². The summed E-state index contributed by atoms with van der Waals surface area (Å²) in [4.78, 5) is 62.6. The molecule has 1 saturated heterocycles. The number of aromatic nitrogens is 1. The maximum atomic E-state index is 14.5. The van der Waals surface area contributed by atoms with Gasteiger partial charge in [-0.2, -0.15) is 0 Å². The Bertz CT molecular complexity index is 1830. The Labute approximate surface area is 375 Å². The van der Waals surface area contributed by atoms with Gasteiger partial charge in [-0.05, 0) is 56.2 Å². The molecule has 1 saturated carbocycles. The minimum atomic E-state index is -0.871. The Balaban J connectivity index is 1.06. The molecule has 17 heteroatoms. The van der Waals surface area contributed by atoms with Crippen LogP contribution in [-0.2, 0) is 44.6 Å². The predicted octanol–water partition coefficient (Wildman–Crippen LogP) is 5.18. The van der Waals surface area contributed by atoms with Crippen molar-refractivity contribution in [2.75, 3.05) is 92.8 Å². The van der Waals surface area contributed by atoms with Crippen LogP contribution in [0.1, 0.15) is 84.5 Å². The smallest absolute Gasteiger partial charge is 0.410 e. The first-order valence-electron chi connectivity index (χ1n) is 22.1. The highest BCUT2D eigenvalue weighted by Gasteiger charge is 2.41. The van der Waals surface area contributed by atoms with Crippen molar-refractivity contribution < 1.29 is 52.3 Å². The van der Waals surface area contributed by atoms with Gasteiger partial charge in [-0.3, -0.25) is 19.3 Å². The number of nitrogens with two attached hydrogens (primary N) is 1. The second-order valence-electron chi connectivity index (χ2n) is 15.5. The van der Waals surface area contributed by atoms with E-state index in [1.54, 1.807) is 36.6 Å². The molecule has 5 rings (SSSR count). The number of ketones is 1. The number of amides is 3. The van der Waals surface area contributed by atoms with Gasteiger partial charge < -0.3 is 49.1 Å². The maximum absolute atomic E-state index is 14.5. The lowest BCUT2D eigenvalue weighted by molar-refractivity contribution is -0.140. The largest absolute Gasteiger partial charge is 0.491 e. The number of hydrogen-bond acceptors (Lipinski definition) is 14. The topological polar surface area (TPSA) is 190 Å². The number of nitrogens with zero attached hydrogens (tertiary/aromatic N) is 3. The summed E-state index contributed by atoms with van der Waals surface area (Å²) in [5, 5.41) is 5.47. The first-order valence-corrected chi connectivity index (χ1v) is 23.0. The third-order valence-corrected chi connectivity index (χ3v) is 12.0. The molecule has 0 bridgehead atoms. The molecule has 3 aromatic rings. The maximum Gasteiger partial charge on any atom is 0.410 e. The van der Waals surface area contributed by atoms with Crippen molar-refractivity contribution >= 4 is 35.0 Å². The second-order valence-corrected chi connectivity index (χ2v) is 16.4. The molecular formula is C46H65N5O11S. The Kier molecular flexibility index (Phi) is 21.7. The normalized spacial score (nSPS) is 16.4. The summed E-state index contributed by atoms with van der Waals surface area (Å²) in [6.45, 7) is 7.66. The molecule has 0 spiro atoms. The van der Waals surface area contributed by atoms with Crippen molar-refractivity contribution in [3.05, 3.63) is 81.8 Å². The molecule has 2 fully saturated rings. The van der Waals surface area contributed by atoms with E-state index in [0.29, 0.717) is 114 Å². The summed E-state index contributed by atoms with van der Waals surface area (Å²) in [5.74, 6) is -0.323. The van der Waals surface area contributed by atoms with E-state index in [0.717, 1.165) is 44.1 Å². The van der Waals surface area contributed by atoms with Gasteiger partial charge in [-0.1, -0.05) is 61.7 Å². The van der Waals surface area contributed by atoms with Crippen LogP contribution >= 0.6 is 11.3 Å². The lowest BCUT2D eigenvalue weighted by Crippen LogP contribution is -2.56. The lowest BCUT2D eigenvalue weighted by atomic mass is 9.83. The van der Waals surface area contributed by atoms with Gasteiger partial charge in [-0.15, -0.1) is 11.3 Å². The summed E-state index contributed by atoms with van der Waals surface area (Å²) in [5.41, 5.74) is 6.94. The van der Waals surface area contributed by atoms with Crippen molar-refractivity contribution in [1.82, 2.24) is 20.1 Å². The van der Waals surface area contributed by atoms with Crippen LogP contribution in [0.2, 0.25) is 0 Å².